The molecule has 0 aliphatic heterocycles. The van der Waals surface area contributed by atoms with Gasteiger partial charge in [-0.1, -0.05) is 44.2 Å². The monoisotopic (exact) mass is 218 g/mol. The Morgan fingerprint density at radius 2 is 1.94 bits per heavy atom. The van der Waals surface area contributed by atoms with Crippen LogP contribution in [-0.2, 0) is 4.79 Å². The molecule has 2 nitrogen and oxygen atoms in total. The number of rotatable bonds is 4. The van der Waals surface area contributed by atoms with Crippen molar-refractivity contribution in [2.75, 3.05) is 0 Å². The number of carbonyl (C=O) groups excluding carboxylic acids is 1. The van der Waals surface area contributed by atoms with Gasteiger partial charge in [0.1, 0.15) is 0 Å². The van der Waals surface area contributed by atoms with E-state index < -0.39 is 0 Å². The first-order valence-electron chi connectivity index (χ1n) is 5.58. The minimum absolute atomic E-state index is 0.0519. The molecule has 16 heavy (non-hydrogen) atoms. The molecule has 1 N–H and O–H groups in total. The molecule has 2 heteroatoms. The predicted molar refractivity (Wildman–Crippen MR) is 66.8 cm³/mol. The fourth-order valence-corrected chi connectivity index (χ4v) is 1.55. The fourth-order valence-electron chi connectivity index (χ4n) is 1.55. The van der Waals surface area contributed by atoms with E-state index in [0.29, 0.717) is 6.42 Å². The van der Waals surface area contributed by atoms with Crippen LogP contribution in [0.25, 0.3) is 0 Å². The summed E-state index contributed by atoms with van der Waals surface area (Å²) >= 11 is 0. The molecule has 0 unspecified atom stereocenters. The first-order valence-corrected chi connectivity index (χ1v) is 5.58. The van der Waals surface area contributed by atoms with Crippen LogP contribution in [0.2, 0.25) is 0 Å². The molecule has 1 atom stereocenters. The normalized spacial score (nSPS) is 13.2. The van der Waals surface area contributed by atoms with Crippen molar-refractivity contribution in [3.05, 3.63) is 42.8 Å². The lowest BCUT2D eigenvalue weighted by Gasteiger charge is -2.20. The first-order chi connectivity index (χ1) is 7.38. The van der Waals surface area contributed by atoms with Gasteiger partial charge in [-0.05, 0) is 24.8 Å². The Hall–Kier alpha value is -1.31. The Bertz CT molecular complexity index is 338. The molecule has 1 radical (unpaired) electrons. The zero-order valence-corrected chi connectivity index (χ0v) is 10.3. The summed E-state index contributed by atoms with van der Waals surface area (Å²) in [6.07, 6.45) is 0.449. The van der Waals surface area contributed by atoms with Crippen LogP contribution in [0.15, 0.2) is 30.3 Å². The van der Waals surface area contributed by atoms with Crippen molar-refractivity contribution in [3.63, 3.8) is 0 Å². The summed E-state index contributed by atoms with van der Waals surface area (Å²) in [5.74, 6) is 0.0522. The highest BCUT2D eigenvalue weighted by molar-refractivity contribution is 5.77. The number of hydrogen-bond donors (Lipinski definition) is 1. The van der Waals surface area contributed by atoms with E-state index in [1.165, 1.54) is 0 Å². The summed E-state index contributed by atoms with van der Waals surface area (Å²) in [5.41, 5.74) is 0.915. The second kappa shape index (κ2) is 5.15. The number of nitrogens with one attached hydrogen (secondary N) is 1. The molecule has 0 saturated heterocycles. The van der Waals surface area contributed by atoms with Gasteiger partial charge in [-0.25, -0.2) is 0 Å². The molecule has 0 heterocycles. The average molecular weight is 218 g/mol. The zero-order valence-electron chi connectivity index (χ0n) is 10.3. The van der Waals surface area contributed by atoms with Gasteiger partial charge in [0, 0.05) is 6.42 Å². The van der Waals surface area contributed by atoms with E-state index in [9.17, 15) is 4.79 Å². The fraction of sp³-hybridized carbons (Fsp3) is 0.429. The van der Waals surface area contributed by atoms with Gasteiger partial charge >= 0.3 is 0 Å². The summed E-state index contributed by atoms with van der Waals surface area (Å²) in [4.78, 5) is 11.7. The number of hydrogen-bond acceptors (Lipinski definition) is 1. The molecule has 1 rings (SSSR count). The van der Waals surface area contributed by atoms with Gasteiger partial charge in [0.15, 0.2) is 0 Å². The molecule has 1 aromatic carbocycles. The quantitative estimate of drug-likeness (QED) is 0.826. The second-order valence-electron chi connectivity index (χ2n) is 5.04. The molecule has 0 spiro atoms. The maximum Gasteiger partial charge on any atom is 0.221 e. The van der Waals surface area contributed by atoms with Crippen molar-refractivity contribution in [1.29, 1.82) is 0 Å². The molecule has 0 fully saturated rings. The average Bonchev–Trinajstić information content (AvgIpc) is 2.16. The highest BCUT2D eigenvalue weighted by Crippen LogP contribution is 2.19. The van der Waals surface area contributed by atoms with E-state index in [0.717, 1.165) is 5.56 Å². The van der Waals surface area contributed by atoms with Crippen molar-refractivity contribution >= 4 is 5.91 Å². The maximum absolute atomic E-state index is 11.7. The molecule has 1 aromatic rings. The summed E-state index contributed by atoms with van der Waals surface area (Å²) < 4.78 is 0. The van der Waals surface area contributed by atoms with E-state index >= 15 is 0 Å². The SMILES string of the molecule is [CH2]C(C)(C)CC(=O)N[C@H](C)c1ccccc1. The predicted octanol–water partition coefficient (Wildman–Crippen LogP) is 3.11. The molecular formula is C14H20NO. The van der Waals surface area contributed by atoms with E-state index in [1.54, 1.807) is 0 Å². The van der Waals surface area contributed by atoms with Crippen molar-refractivity contribution < 1.29 is 4.79 Å². The van der Waals surface area contributed by atoms with Crippen molar-refractivity contribution in [3.8, 4) is 0 Å². The Morgan fingerprint density at radius 1 is 1.38 bits per heavy atom. The molecular weight excluding hydrogens is 198 g/mol. The standard InChI is InChI=1S/C14H20NO/c1-11(12-8-6-5-7-9-12)15-13(16)10-14(2,3)4/h5-9,11H,2,10H2,1,3-4H3,(H,15,16)/t11-/m1/s1. The lowest BCUT2D eigenvalue weighted by molar-refractivity contribution is -0.123. The number of benzene rings is 1. The summed E-state index contributed by atoms with van der Waals surface area (Å²) in [6, 6.07) is 10.0. The molecule has 0 bridgehead atoms. The van der Waals surface area contributed by atoms with Gasteiger partial charge in [0.25, 0.3) is 0 Å². The minimum Gasteiger partial charge on any atom is -0.350 e. The van der Waals surface area contributed by atoms with E-state index in [4.69, 9.17) is 0 Å². The van der Waals surface area contributed by atoms with E-state index in [1.807, 2.05) is 51.1 Å². The van der Waals surface area contributed by atoms with Crippen LogP contribution in [0.3, 0.4) is 0 Å². The van der Waals surface area contributed by atoms with Crippen LogP contribution >= 0.6 is 0 Å². The van der Waals surface area contributed by atoms with Crippen LogP contribution in [0, 0.1) is 12.3 Å². The molecule has 87 valence electrons. The van der Waals surface area contributed by atoms with Crippen LogP contribution in [-0.4, -0.2) is 5.91 Å². The number of carbonyl (C=O) groups is 1. The Balaban J connectivity index is 2.52. The second-order valence-corrected chi connectivity index (χ2v) is 5.04. The third-order valence-electron chi connectivity index (χ3n) is 2.32. The topological polar surface area (TPSA) is 29.1 Å². The van der Waals surface area contributed by atoms with Crippen LogP contribution in [0.4, 0.5) is 0 Å². The van der Waals surface area contributed by atoms with Crippen LogP contribution < -0.4 is 5.32 Å². The van der Waals surface area contributed by atoms with Gasteiger partial charge in [0.05, 0.1) is 6.04 Å². The Kier molecular flexibility index (Phi) is 4.11. The molecule has 0 aliphatic carbocycles. The molecule has 1 amide bonds. The van der Waals surface area contributed by atoms with Gasteiger partial charge < -0.3 is 5.32 Å². The van der Waals surface area contributed by atoms with Crippen molar-refractivity contribution in [2.24, 2.45) is 5.41 Å². The van der Waals surface area contributed by atoms with E-state index in [-0.39, 0.29) is 17.4 Å². The third kappa shape index (κ3) is 4.47. The van der Waals surface area contributed by atoms with Gasteiger partial charge in [-0.15, -0.1) is 0 Å². The summed E-state index contributed by atoms with van der Waals surface area (Å²) in [7, 11) is 0. The molecule has 0 saturated carbocycles. The van der Waals surface area contributed by atoms with Gasteiger partial charge in [-0.2, -0.15) is 0 Å². The first kappa shape index (κ1) is 12.8. The van der Waals surface area contributed by atoms with Gasteiger partial charge in [-0.3, -0.25) is 4.79 Å². The number of amides is 1. The van der Waals surface area contributed by atoms with Crippen molar-refractivity contribution in [1.82, 2.24) is 5.32 Å². The molecule has 0 aromatic heterocycles. The summed E-state index contributed by atoms with van der Waals surface area (Å²) in [5, 5.41) is 2.97. The lowest BCUT2D eigenvalue weighted by atomic mass is 9.92. The third-order valence-corrected chi connectivity index (χ3v) is 2.32. The van der Waals surface area contributed by atoms with Crippen molar-refractivity contribution in [2.45, 2.75) is 33.2 Å². The Labute approximate surface area is 98.1 Å². The molecule has 0 aliphatic rings. The maximum atomic E-state index is 11.7. The lowest BCUT2D eigenvalue weighted by Crippen LogP contribution is -2.29. The van der Waals surface area contributed by atoms with Gasteiger partial charge in [0.2, 0.25) is 5.91 Å². The highest BCUT2D eigenvalue weighted by Gasteiger charge is 2.17. The smallest absolute Gasteiger partial charge is 0.221 e. The van der Waals surface area contributed by atoms with Crippen LogP contribution in [0.5, 0.6) is 0 Å². The van der Waals surface area contributed by atoms with Crippen LogP contribution in [0.1, 0.15) is 38.8 Å². The zero-order chi connectivity index (χ0) is 12.2. The Morgan fingerprint density at radius 3 is 2.44 bits per heavy atom. The van der Waals surface area contributed by atoms with E-state index in [2.05, 4.69) is 12.2 Å². The summed E-state index contributed by atoms with van der Waals surface area (Å²) in [6.45, 7) is 9.84. The largest absolute Gasteiger partial charge is 0.350 e. The minimum atomic E-state index is -0.208. The highest BCUT2D eigenvalue weighted by atomic mass is 16.1.